The maximum Gasteiger partial charge on any atom is 0.338 e. The zero-order valence-corrected chi connectivity index (χ0v) is 11.0. The first-order valence-electron chi connectivity index (χ1n) is 5.98. The van der Waals surface area contributed by atoms with Gasteiger partial charge in [0.15, 0.2) is 0 Å². The average Bonchev–Trinajstić information content (AvgIpc) is 2.39. The first-order valence-corrected chi connectivity index (χ1v) is 5.98. The van der Waals surface area contributed by atoms with Crippen LogP contribution >= 0.6 is 0 Å². The van der Waals surface area contributed by atoms with Crippen LogP contribution in [-0.4, -0.2) is 25.7 Å². The minimum Gasteiger partial charge on any atom is -0.469 e. The molecule has 0 saturated heterocycles. The average molecular weight is 250 g/mol. The smallest absolute Gasteiger partial charge is 0.338 e. The number of carbonyl (C=O) groups is 2. The van der Waals surface area contributed by atoms with Crippen LogP contribution in [0, 0.1) is 0 Å². The predicted octanol–water partition coefficient (Wildman–Crippen LogP) is 2.14. The maximum atomic E-state index is 11.8. The Bertz CT molecular complexity index is 437. The molecule has 0 heterocycles. The molecule has 0 aromatic heterocycles. The van der Waals surface area contributed by atoms with E-state index in [-0.39, 0.29) is 12.4 Å². The number of rotatable bonds is 5. The van der Waals surface area contributed by atoms with E-state index in [4.69, 9.17) is 4.74 Å². The van der Waals surface area contributed by atoms with Crippen molar-refractivity contribution in [1.82, 2.24) is 0 Å². The highest BCUT2D eigenvalue weighted by molar-refractivity contribution is 5.92. The Morgan fingerprint density at radius 1 is 1.22 bits per heavy atom. The zero-order valence-electron chi connectivity index (χ0n) is 11.0. The van der Waals surface area contributed by atoms with Gasteiger partial charge >= 0.3 is 11.9 Å². The molecule has 1 aromatic carbocycles. The second kappa shape index (κ2) is 6.79. The molecule has 0 spiro atoms. The van der Waals surface area contributed by atoms with Crippen molar-refractivity contribution < 1.29 is 19.1 Å². The second-order valence-electron chi connectivity index (χ2n) is 3.82. The van der Waals surface area contributed by atoms with E-state index in [1.807, 2.05) is 13.0 Å². The summed E-state index contributed by atoms with van der Waals surface area (Å²) in [6.07, 6.45) is 0.902. The molecule has 98 valence electrons. The van der Waals surface area contributed by atoms with Gasteiger partial charge in [0.2, 0.25) is 0 Å². The van der Waals surface area contributed by atoms with Gasteiger partial charge in [-0.3, -0.25) is 4.79 Å². The minimum absolute atomic E-state index is 0.0780. The van der Waals surface area contributed by atoms with E-state index >= 15 is 0 Å². The summed E-state index contributed by atoms with van der Waals surface area (Å²) in [5.41, 5.74) is 2.12. The van der Waals surface area contributed by atoms with E-state index in [2.05, 4.69) is 4.74 Å². The fourth-order valence-electron chi connectivity index (χ4n) is 1.62. The molecule has 0 saturated carbocycles. The number of carbonyl (C=O) groups excluding carboxylic acids is 2. The number of methoxy groups -OCH3 is 1. The molecule has 0 N–H and O–H groups in total. The van der Waals surface area contributed by atoms with Crippen LogP contribution in [0.5, 0.6) is 0 Å². The number of ether oxygens (including phenoxy) is 2. The van der Waals surface area contributed by atoms with Gasteiger partial charge in [-0.25, -0.2) is 4.79 Å². The first-order chi connectivity index (χ1) is 8.62. The monoisotopic (exact) mass is 250 g/mol. The number of hydrogen-bond donors (Lipinski definition) is 0. The van der Waals surface area contributed by atoms with E-state index in [0.717, 1.165) is 12.0 Å². The number of benzene rings is 1. The molecule has 0 atom stereocenters. The largest absolute Gasteiger partial charge is 0.469 e. The number of hydrogen-bond acceptors (Lipinski definition) is 4. The fraction of sp³-hybridized carbons (Fsp3) is 0.429. The van der Waals surface area contributed by atoms with Gasteiger partial charge in [-0.1, -0.05) is 19.1 Å². The van der Waals surface area contributed by atoms with Crippen LogP contribution in [0.25, 0.3) is 0 Å². The Kier molecular flexibility index (Phi) is 5.36. The Hall–Kier alpha value is -1.84. The van der Waals surface area contributed by atoms with E-state index < -0.39 is 5.97 Å². The summed E-state index contributed by atoms with van der Waals surface area (Å²) in [5.74, 6) is -0.767. The molecule has 0 aliphatic rings. The van der Waals surface area contributed by atoms with Crippen molar-refractivity contribution in [3.8, 4) is 0 Å². The lowest BCUT2D eigenvalue weighted by atomic mass is 10.0. The lowest BCUT2D eigenvalue weighted by Gasteiger charge is -2.09. The van der Waals surface area contributed by atoms with Crippen molar-refractivity contribution >= 4 is 11.9 Å². The molecule has 1 aromatic rings. The fourth-order valence-corrected chi connectivity index (χ4v) is 1.62. The lowest BCUT2D eigenvalue weighted by Crippen LogP contribution is -2.13. The number of aryl methyl sites for hydroxylation is 1. The molecule has 0 unspecified atom stereocenters. The van der Waals surface area contributed by atoms with E-state index in [9.17, 15) is 9.59 Å². The summed E-state index contributed by atoms with van der Waals surface area (Å²) in [7, 11) is 1.33. The predicted molar refractivity (Wildman–Crippen MR) is 67.5 cm³/mol. The summed E-state index contributed by atoms with van der Waals surface area (Å²) in [6, 6.07) is 5.46. The topological polar surface area (TPSA) is 52.6 Å². The normalized spacial score (nSPS) is 9.94. The van der Waals surface area contributed by atoms with Gasteiger partial charge in [0.25, 0.3) is 0 Å². The highest BCUT2D eigenvalue weighted by atomic mass is 16.5. The Morgan fingerprint density at radius 2 is 1.94 bits per heavy atom. The van der Waals surface area contributed by atoms with Crippen LogP contribution in [0.2, 0.25) is 0 Å². The van der Waals surface area contributed by atoms with Gasteiger partial charge in [-0.05, 0) is 30.5 Å². The van der Waals surface area contributed by atoms with Crippen LogP contribution in [0.15, 0.2) is 18.2 Å². The van der Waals surface area contributed by atoms with E-state index in [1.54, 1.807) is 19.1 Å². The summed E-state index contributed by atoms with van der Waals surface area (Å²) in [4.78, 5) is 23.1. The molecule has 0 radical (unpaired) electrons. The van der Waals surface area contributed by atoms with Gasteiger partial charge in [0, 0.05) is 0 Å². The quantitative estimate of drug-likeness (QED) is 0.751. The highest BCUT2D eigenvalue weighted by Gasteiger charge is 2.15. The Labute approximate surface area is 107 Å². The lowest BCUT2D eigenvalue weighted by molar-refractivity contribution is -0.139. The van der Waals surface area contributed by atoms with Crippen LogP contribution in [0.4, 0.5) is 0 Å². The Balaban J connectivity index is 3.07. The standard InChI is InChI=1S/C14H18O4/c1-4-10-6-7-11(9-13(15)17-3)12(8-10)14(16)18-5-2/h6-8H,4-5,9H2,1-3H3. The Morgan fingerprint density at radius 3 is 2.50 bits per heavy atom. The van der Waals surface area contributed by atoms with Gasteiger partial charge in [0.1, 0.15) is 0 Å². The van der Waals surface area contributed by atoms with Crippen molar-refractivity contribution in [3.05, 3.63) is 34.9 Å². The molecule has 4 nitrogen and oxygen atoms in total. The van der Waals surface area contributed by atoms with Crippen LogP contribution in [0.1, 0.15) is 35.3 Å². The molecule has 0 bridgehead atoms. The molecule has 18 heavy (non-hydrogen) atoms. The van der Waals surface area contributed by atoms with Crippen LogP contribution < -0.4 is 0 Å². The summed E-state index contributed by atoms with van der Waals surface area (Å²) < 4.78 is 9.61. The molecule has 0 fully saturated rings. The minimum atomic E-state index is -0.397. The molecular formula is C14H18O4. The van der Waals surface area contributed by atoms with Crippen molar-refractivity contribution in [2.75, 3.05) is 13.7 Å². The SMILES string of the molecule is CCOC(=O)c1cc(CC)ccc1CC(=O)OC. The summed E-state index contributed by atoms with van der Waals surface area (Å²) >= 11 is 0. The van der Waals surface area contributed by atoms with Gasteiger partial charge in [-0.2, -0.15) is 0 Å². The zero-order chi connectivity index (χ0) is 13.5. The first kappa shape index (κ1) is 14.2. The van der Waals surface area contributed by atoms with Crippen LogP contribution in [0.3, 0.4) is 0 Å². The maximum absolute atomic E-state index is 11.8. The van der Waals surface area contributed by atoms with Crippen molar-refractivity contribution in [2.45, 2.75) is 26.7 Å². The van der Waals surface area contributed by atoms with Crippen molar-refractivity contribution in [3.63, 3.8) is 0 Å². The molecule has 4 heteroatoms. The molecule has 1 rings (SSSR count). The molecule has 0 aliphatic carbocycles. The van der Waals surface area contributed by atoms with E-state index in [0.29, 0.717) is 17.7 Å². The van der Waals surface area contributed by atoms with Crippen molar-refractivity contribution in [2.24, 2.45) is 0 Å². The van der Waals surface area contributed by atoms with Crippen LogP contribution in [-0.2, 0) is 27.1 Å². The third kappa shape index (κ3) is 3.58. The van der Waals surface area contributed by atoms with Gasteiger partial charge in [-0.15, -0.1) is 0 Å². The molecule has 0 aliphatic heterocycles. The molecule has 0 amide bonds. The number of esters is 2. The highest BCUT2D eigenvalue weighted by Crippen LogP contribution is 2.15. The third-order valence-corrected chi connectivity index (χ3v) is 2.64. The van der Waals surface area contributed by atoms with Gasteiger partial charge < -0.3 is 9.47 Å². The van der Waals surface area contributed by atoms with Crippen molar-refractivity contribution in [1.29, 1.82) is 0 Å². The summed E-state index contributed by atoms with van der Waals surface area (Å²) in [5, 5.41) is 0. The second-order valence-corrected chi connectivity index (χ2v) is 3.82. The van der Waals surface area contributed by atoms with Gasteiger partial charge in [0.05, 0.1) is 25.7 Å². The molecular weight excluding hydrogens is 232 g/mol. The summed E-state index contributed by atoms with van der Waals surface area (Å²) in [6.45, 7) is 4.07. The van der Waals surface area contributed by atoms with E-state index in [1.165, 1.54) is 7.11 Å². The third-order valence-electron chi connectivity index (χ3n) is 2.64.